The summed E-state index contributed by atoms with van der Waals surface area (Å²) in [5.74, 6) is 0.986. The van der Waals surface area contributed by atoms with E-state index in [1.165, 1.54) is 0 Å². The molecular formula is C20H21N5O. The number of aryl methyl sites for hydroxylation is 1. The van der Waals surface area contributed by atoms with Gasteiger partial charge in [-0.2, -0.15) is 5.10 Å². The third-order valence-corrected chi connectivity index (χ3v) is 4.59. The zero-order chi connectivity index (χ0) is 17.9. The Morgan fingerprint density at radius 2 is 1.69 bits per heavy atom. The van der Waals surface area contributed by atoms with Crippen LogP contribution in [0.15, 0.2) is 60.8 Å². The third-order valence-electron chi connectivity index (χ3n) is 4.59. The molecule has 3 heterocycles. The quantitative estimate of drug-likeness (QED) is 0.731. The Balaban J connectivity index is 1.51. The van der Waals surface area contributed by atoms with Crippen molar-refractivity contribution in [3.63, 3.8) is 0 Å². The van der Waals surface area contributed by atoms with Crippen molar-refractivity contribution in [3.8, 4) is 5.69 Å². The van der Waals surface area contributed by atoms with Gasteiger partial charge in [0.25, 0.3) is 5.91 Å². The molecule has 1 aromatic carbocycles. The van der Waals surface area contributed by atoms with E-state index in [0.29, 0.717) is 18.8 Å². The Bertz CT molecular complexity index is 883. The van der Waals surface area contributed by atoms with Crippen molar-refractivity contribution >= 4 is 11.7 Å². The molecule has 4 rings (SSSR count). The molecule has 0 aliphatic carbocycles. The highest BCUT2D eigenvalue weighted by molar-refractivity contribution is 5.93. The summed E-state index contributed by atoms with van der Waals surface area (Å²) in [6.07, 6.45) is 1.80. The van der Waals surface area contributed by atoms with Gasteiger partial charge in [-0.1, -0.05) is 24.3 Å². The van der Waals surface area contributed by atoms with Crippen molar-refractivity contribution in [2.45, 2.75) is 6.92 Å². The van der Waals surface area contributed by atoms with Crippen molar-refractivity contribution in [3.05, 3.63) is 72.2 Å². The van der Waals surface area contributed by atoms with Gasteiger partial charge >= 0.3 is 0 Å². The van der Waals surface area contributed by atoms with E-state index < -0.39 is 0 Å². The van der Waals surface area contributed by atoms with Gasteiger partial charge in [-0.3, -0.25) is 4.79 Å². The largest absolute Gasteiger partial charge is 0.353 e. The monoisotopic (exact) mass is 347 g/mol. The smallest absolute Gasteiger partial charge is 0.272 e. The highest BCUT2D eigenvalue weighted by Crippen LogP contribution is 2.17. The van der Waals surface area contributed by atoms with Crippen LogP contribution in [0.25, 0.3) is 5.69 Å². The predicted molar refractivity (Wildman–Crippen MR) is 101 cm³/mol. The van der Waals surface area contributed by atoms with Gasteiger partial charge in [-0.25, -0.2) is 9.67 Å². The number of anilines is 1. The SMILES string of the molecule is Cc1cc(C(=O)N2CCN(c3ccccn3)CC2)n(-c2ccccc2)n1. The standard InChI is InChI=1S/C20H21N5O/c1-16-15-18(25(22-16)17-7-3-2-4-8-17)20(26)24-13-11-23(12-14-24)19-9-5-6-10-21-19/h2-10,15H,11-14H2,1H3. The van der Waals surface area contributed by atoms with Crippen LogP contribution >= 0.6 is 0 Å². The van der Waals surface area contributed by atoms with Crippen LogP contribution in [0.5, 0.6) is 0 Å². The van der Waals surface area contributed by atoms with Crippen LogP contribution in [-0.4, -0.2) is 51.8 Å². The van der Waals surface area contributed by atoms with Crippen molar-refractivity contribution in [2.75, 3.05) is 31.1 Å². The minimum absolute atomic E-state index is 0.0233. The molecule has 1 fully saturated rings. The number of carbonyl (C=O) groups excluding carboxylic acids is 1. The number of piperazine rings is 1. The molecule has 0 unspecified atom stereocenters. The Morgan fingerprint density at radius 3 is 2.38 bits per heavy atom. The molecule has 3 aromatic rings. The molecule has 26 heavy (non-hydrogen) atoms. The molecule has 0 radical (unpaired) electrons. The van der Waals surface area contributed by atoms with E-state index in [9.17, 15) is 4.79 Å². The summed E-state index contributed by atoms with van der Waals surface area (Å²) in [7, 11) is 0. The summed E-state index contributed by atoms with van der Waals surface area (Å²) < 4.78 is 1.74. The molecule has 0 atom stereocenters. The first kappa shape index (κ1) is 16.3. The third kappa shape index (κ3) is 3.18. The summed E-state index contributed by atoms with van der Waals surface area (Å²) in [6, 6.07) is 17.5. The lowest BCUT2D eigenvalue weighted by Crippen LogP contribution is -2.49. The second-order valence-corrected chi connectivity index (χ2v) is 6.39. The lowest BCUT2D eigenvalue weighted by Gasteiger charge is -2.35. The second kappa shape index (κ2) is 7.00. The fraction of sp³-hybridized carbons (Fsp3) is 0.250. The Kier molecular flexibility index (Phi) is 4.39. The predicted octanol–water partition coefficient (Wildman–Crippen LogP) is 2.54. The molecule has 6 nitrogen and oxygen atoms in total. The first-order valence-electron chi connectivity index (χ1n) is 8.80. The van der Waals surface area contributed by atoms with Gasteiger partial charge in [0, 0.05) is 32.4 Å². The molecule has 1 aliphatic rings. The molecule has 1 amide bonds. The number of hydrogen-bond acceptors (Lipinski definition) is 4. The summed E-state index contributed by atoms with van der Waals surface area (Å²) in [5.41, 5.74) is 2.35. The summed E-state index contributed by atoms with van der Waals surface area (Å²) >= 11 is 0. The number of nitrogens with zero attached hydrogens (tertiary/aromatic N) is 5. The molecule has 0 saturated carbocycles. The van der Waals surface area contributed by atoms with Gasteiger partial charge in [0.05, 0.1) is 11.4 Å². The van der Waals surface area contributed by atoms with Gasteiger partial charge in [-0.15, -0.1) is 0 Å². The summed E-state index contributed by atoms with van der Waals surface area (Å²) in [4.78, 5) is 21.6. The minimum Gasteiger partial charge on any atom is -0.353 e. The van der Waals surface area contributed by atoms with Crippen LogP contribution < -0.4 is 4.90 Å². The van der Waals surface area contributed by atoms with Crippen molar-refractivity contribution < 1.29 is 4.79 Å². The van der Waals surface area contributed by atoms with E-state index in [1.54, 1.807) is 10.9 Å². The van der Waals surface area contributed by atoms with E-state index in [1.807, 2.05) is 66.4 Å². The first-order valence-corrected chi connectivity index (χ1v) is 8.80. The van der Waals surface area contributed by atoms with Crippen LogP contribution in [0.2, 0.25) is 0 Å². The molecule has 2 aromatic heterocycles. The average molecular weight is 347 g/mol. The number of benzene rings is 1. The summed E-state index contributed by atoms with van der Waals surface area (Å²) in [6.45, 7) is 4.82. The lowest BCUT2D eigenvalue weighted by molar-refractivity contribution is 0.0737. The van der Waals surface area contributed by atoms with Crippen LogP contribution in [0.3, 0.4) is 0 Å². The van der Waals surface area contributed by atoms with Gasteiger partial charge in [0.2, 0.25) is 0 Å². The summed E-state index contributed by atoms with van der Waals surface area (Å²) in [5, 5.41) is 4.51. The van der Waals surface area contributed by atoms with Crippen molar-refractivity contribution in [2.24, 2.45) is 0 Å². The van der Waals surface area contributed by atoms with E-state index in [0.717, 1.165) is 30.3 Å². The number of rotatable bonds is 3. The topological polar surface area (TPSA) is 54.3 Å². The normalized spacial score (nSPS) is 14.5. The molecule has 132 valence electrons. The Morgan fingerprint density at radius 1 is 0.962 bits per heavy atom. The zero-order valence-electron chi connectivity index (χ0n) is 14.7. The number of carbonyl (C=O) groups is 1. The van der Waals surface area contributed by atoms with Crippen LogP contribution in [-0.2, 0) is 0 Å². The molecule has 0 N–H and O–H groups in total. The molecule has 1 aliphatic heterocycles. The zero-order valence-corrected chi connectivity index (χ0v) is 14.7. The van der Waals surface area contributed by atoms with E-state index in [4.69, 9.17) is 0 Å². The van der Waals surface area contributed by atoms with Gasteiger partial charge in [0.1, 0.15) is 11.5 Å². The molecule has 6 heteroatoms. The maximum Gasteiger partial charge on any atom is 0.272 e. The van der Waals surface area contributed by atoms with Crippen LogP contribution in [0.4, 0.5) is 5.82 Å². The van der Waals surface area contributed by atoms with Crippen molar-refractivity contribution in [1.29, 1.82) is 0 Å². The van der Waals surface area contributed by atoms with Gasteiger partial charge < -0.3 is 9.80 Å². The number of hydrogen-bond donors (Lipinski definition) is 0. The lowest BCUT2D eigenvalue weighted by atomic mass is 10.2. The molecule has 0 bridgehead atoms. The number of para-hydroxylation sites is 1. The number of aromatic nitrogens is 3. The van der Waals surface area contributed by atoms with Gasteiger partial charge in [-0.05, 0) is 37.3 Å². The van der Waals surface area contributed by atoms with E-state index >= 15 is 0 Å². The first-order chi connectivity index (χ1) is 12.7. The number of pyridine rings is 1. The highest BCUT2D eigenvalue weighted by Gasteiger charge is 2.25. The highest BCUT2D eigenvalue weighted by atomic mass is 16.2. The van der Waals surface area contributed by atoms with E-state index in [2.05, 4.69) is 15.0 Å². The van der Waals surface area contributed by atoms with Crippen molar-refractivity contribution in [1.82, 2.24) is 19.7 Å². The molecular weight excluding hydrogens is 326 g/mol. The van der Waals surface area contributed by atoms with Crippen LogP contribution in [0, 0.1) is 6.92 Å². The Hall–Kier alpha value is -3.15. The molecule has 1 saturated heterocycles. The maximum absolute atomic E-state index is 13.1. The fourth-order valence-electron chi connectivity index (χ4n) is 3.26. The second-order valence-electron chi connectivity index (χ2n) is 6.39. The van der Waals surface area contributed by atoms with Crippen LogP contribution in [0.1, 0.15) is 16.2 Å². The minimum atomic E-state index is 0.0233. The van der Waals surface area contributed by atoms with E-state index in [-0.39, 0.29) is 5.91 Å². The van der Waals surface area contributed by atoms with Gasteiger partial charge in [0.15, 0.2) is 0 Å². The molecule has 0 spiro atoms. The fourth-order valence-corrected chi connectivity index (χ4v) is 3.26. The average Bonchev–Trinajstić information content (AvgIpc) is 3.11. The Labute approximate surface area is 152 Å². The number of amides is 1. The maximum atomic E-state index is 13.1.